The van der Waals surface area contributed by atoms with Gasteiger partial charge in [0.1, 0.15) is 0 Å². The molecule has 1 atom stereocenters. The average molecular weight is 430 g/mol. The number of anilines is 1. The fourth-order valence-electron chi connectivity index (χ4n) is 3.31. The van der Waals surface area contributed by atoms with Crippen LogP contribution in [-0.2, 0) is 0 Å². The highest BCUT2D eigenvalue weighted by atomic mass is 79.9. The molecule has 0 aromatic heterocycles. The summed E-state index contributed by atoms with van der Waals surface area (Å²) in [5, 5.41) is 8.78. The summed E-state index contributed by atoms with van der Waals surface area (Å²) >= 11 is 3.50. The zero-order chi connectivity index (χ0) is 19.2. The topological polar surface area (TPSA) is 70.2 Å². The fraction of sp³-hybridized carbons (Fsp3) is 0.333. The van der Waals surface area contributed by atoms with Gasteiger partial charge in [-0.3, -0.25) is 4.79 Å². The third kappa shape index (κ3) is 5.32. The molecule has 2 aromatic carbocycles. The summed E-state index contributed by atoms with van der Waals surface area (Å²) in [7, 11) is 0. The Balaban J connectivity index is 1.53. The molecule has 1 aliphatic carbocycles. The first-order valence-corrected chi connectivity index (χ1v) is 10.0. The van der Waals surface area contributed by atoms with Crippen molar-refractivity contribution in [2.45, 2.75) is 44.7 Å². The summed E-state index contributed by atoms with van der Waals surface area (Å²) < 4.78 is 0.954. The maximum Gasteiger partial charge on any atom is 0.319 e. The van der Waals surface area contributed by atoms with Gasteiger partial charge in [0.15, 0.2) is 0 Å². The van der Waals surface area contributed by atoms with Crippen molar-refractivity contribution in [2.75, 3.05) is 5.32 Å². The Hall–Kier alpha value is -2.34. The maximum atomic E-state index is 12.3. The Bertz CT molecular complexity index is 801. The molecule has 27 heavy (non-hydrogen) atoms. The quantitative estimate of drug-likeness (QED) is 0.625. The van der Waals surface area contributed by atoms with E-state index in [9.17, 15) is 9.59 Å². The molecule has 3 amide bonds. The number of carbonyl (C=O) groups is 2. The molecule has 6 heteroatoms. The van der Waals surface area contributed by atoms with Gasteiger partial charge in [0.05, 0.1) is 6.04 Å². The van der Waals surface area contributed by atoms with Crippen molar-refractivity contribution < 1.29 is 9.59 Å². The highest BCUT2D eigenvalue weighted by Gasteiger charge is 2.18. The van der Waals surface area contributed by atoms with Crippen LogP contribution >= 0.6 is 15.9 Å². The molecular weight excluding hydrogens is 406 g/mol. The number of halogens is 1. The molecular formula is C21H24BrN3O2. The Kier molecular flexibility index (Phi) is 6.50. The summed E-state index contributed by atoms with van der Waals surface area (Å²) in [5.74, 6) is -0.0551. The maximum absolute atomic E-state index is 12.3. The number of amides is 3. The zero-order valence-electron chi connectivity index (χ0n) is 15.3. The molecule has 0 spiro atoms. The van der Waals surface area contributed by atoms with Crippen LogP contribution < -0.4 is 16.0 Å². The van der Waals surface area contributed by atoms with Gasteiger partial charge in [-0.25, -0.2) is 4.79 Å². The van der Waals surface area contributed by atoms with Crippen LogP contribution in [0.4, 0.5) is 10.5 Å². The molecule has 3 rings (SSSR count). The minimum absolute atomic E-state index is 0.0551. The van der Waals surface area contributed by atoms with Crippen LogP contribution in [0.2, 0.25) is 0 Å². The molecule has 3 N–H and O–H groups in total. The van der Waals surface area contributed by atoms with Gasteiger partial charge in [-0.15, -0.1) is 0 Å². The number of hydrogen-bond donors (Lipinski definition) is 3. The van der Waals surface area contributed by atoms with Gasteiger partial charge in [-0.2, -0.15) is 0 Å². The smallest absolute Gasteiger partial charge is 0.319 e. The molecule has 0 saturated heterocycles. The number of benzene rings is 2. The highest BCUT2D eigenvalue weighted by molar-refractivity contribution is 9.10. The summed E-state index contributed by atoms with van der Waals surface area (Å²) in [6.45, 7) is 1.93. The molecule has 142 valence electrons. The monoisotopic (exact) mass is 429 g/mol. The summed E-state index contributed by atoms with van der Waals surface area (Å²) in [5.41, 5.74) is 2.25. The third-order valence-corrected chi connectivity index (χ3v) is 5.54. The van der Waals surface area contributed by atoms with Gasteiger partial charge in [0.2, 0.25) is 0 Å². The SMILES string of the molecule is CC(NC(=O)Nc1ccc(C(=O)NC2CCCC2)cc1)c1ccccc1Br. The molecule has 1 unspecified atom stereocenters. The van der Waals surface area contributed by atoms with Gasteiger partial charge in [0.25, 0.3) is 5.91 Å². The lowest BCUT2D eigenvalue weighted by molar-refractivity contribution is 0.0938. The van der Waals surface area contributed by atoms with Crippen LogP contribution in [0, 0.1) is 0 Å². The van der Waals surface area contributed by atoms with Gasteiger partial charge in [-0.05, 0) is 55.7 Å². The molecule has 0 aliphatic heterocycles. The molecule has 0 radical (unpaired) electrons. The second-order valence-electron chi connectivity index (χ2n) is 6.87. The van der Waals surface area contributed by atoms with Crippen molar-refractivity contribution in [1.29, 1.82) is 0 Å². The van der Waals surface area contributed by atoms with Crippen molar-refractivity contribution in [3.63, 3.8) is 0 Å². The summed E-state index contributed by atoms with van der Waals surface area (Å²) in [6, 6.07) is 14.6. The first kappa shape index (κ1) is 19.4. The first-order valence-electron chi connectivity index (χ1n) is 9.26. The van der Waals surface area contributed by atoms with E-state index in [1.165, 1.54) is 12.8 Å². The van der Waals surface area contributed by atoms with E-state index in [1.807, 2.05) is 31.2 Å². The van der Waals surface area contributed by atoms with Crippen molar-refractivity contribution in [3.8, 4) is 0 Å². The minimum Gasteiger partial charge on any atom is -0.349 e. The Morgan fingerprint density at radius 1 is 1.04 bits per heavy atom. The van der Waals surface area contributed by atoms with Gasteiger partial charge in [-0.1, -0.05) is 47.0 Å². The minimum atomic E-state index is -0.290. The molecule has 0 heterocycles. The number of hydrogen-bond acceptors (Lipinski definition) is 2. The first-order chi connectivity index (χ1) is 13.0. The average Bonchev–Trinajstić information content (AvgIpc) is 3.15. The fourth-order valence-corrected chi connectivity index (χ4v) is 3.94. The second kappa shape index (κ2) is 9.04. The molecule has 1 saturated carbocycles. The van der Waals surface area contributed by atoms with Crippen molar-refractivity contribution >= 4 is 33.6 Å². The van der Waals surface area contributed by atoms with Gasteiger partial charge < -0.3 is 16.0 Å². The number of carbonyl (C=O) groups excluding carboxylic acids is 2. The van der Waals surface area contributed by atoms with E-state index in [0.29, 0.717) is 17.3 Å². The predicted octanol–water partition coefficient (Wildman–Crippen LogP) is 5.00. The van der Waals surface area contributed by atoms with Crippen molar-refractivity contribution in [2.24, 2.45) is 0 Å². The molecule has 5 nitrogen and oxygen atoms in total. The number of nitrogens with one attached hydrogen (secondary N) is 3. The predicted molar refractivity (Wildman–Crippen MR) is 111 cm³/mol. The van der Waals surface area contributed by atoms with Gasteiger partial charge in [0, 0.05) is 21.8 Å². The number of urea groups is 1. The van der Waals surface area contributed by atoms with E-state index in [-0.39, 0.29) is 18.0 Å². The van der Waals surface area contributed by atoms with E-state index in [1.54, 1.807) is 24.3 Å². The lowest BCUT2D eigenvalue weighted by atomic mass is 10.1. The van der Waals surface area contributed by atoms with E-state index in [2.05, 4.69) is 31.9 Å². The lowest BCUT2D eigenvalue weighted by Crippen LogP contribution is -2.32. The Morgan fingerprint density at radius 3 is 2.37 bits per heavy atom. The molecule has 0 bridgehead atoms. The van der Waals surface area contributed by atoms with Gasteiger partial charge >= 0.3 is 6.03 Å². The van der Waals surface area contributed by atoms with Crippen LogP contribution in [-0.4, -0.2) is 18.0 Å². The zero-order valence-corrected chi connectivity index (χ0v) is 16.9. The van der Waals surface area contributed by atoms with Crippen LogP contribution in [0.15, 0.2) is 53.0 Å². The summed E-state index contributed by atoms with van der Waals surface area (Å²) in [4.78, 5) is 24.5. The molecule has 1 aliphatic rings. The second-order valence-corrected chi connectivity index (χ2v) is 7.73. The van der Waals surface area contributed by atoms with E-state index >= 15 is 0 Å². The van der Waals surface area contributed by atoms with E-state index in [0.717, 1.165) is 22.9 Å². The molecule has 1 fully saturated rings. The van der Waals surface area contributed by atoms with E-state index in [4.69, 9.17) is 0 Å². The van der Waals surface area contributed by atoms with Crippen LogP contribution in [0.5, 0.6) is 0 Å². The number of rotatable bonds is 5. The molecule has 2 aromatic rings. The Morgan fingerprint density at radius 2 is 1.70 bits per heavy atom. The highest BCUT2D eigenvalue weighted by Crippen LogP contribution is 2.23. The van der Waals surface area contributed by atoms with Crippen molar-refractivity contribution in [3.05, 3.63) is 64.1 Å². The van der Waals surface area contributed by atoms with Crippen LogP contribution in [0.3, 0.4) is 0 Å². The van der Waals surface area contributed by atoms with E-state index < -0.39 is 0 Å². The normalized spacial score (nSPS) is 15.2. The third-order valence-electron chi connectivity index (χ3n) is 4.81. The van der Waals surface area contributed by atoms with Crippen molar-refractivity contribution in [1.82, 2.24) is 10.6 Å². The summed E-state index contributed by atoms with van der Waals surface area (Å²) in [6.07, 6.45) is 4.48. The van der Waals surface area contributed by atoms with Crippen LogP contribution in [0.1, 0.15) is 54.6 Å². The largest absolute Gasteiger partial charge is 0.349 e. The van der Waals surface area contributed by atoms with Crippen LogP contribution in [0.25, 0.3) is 0 Å². The Labute approximate surface area is 168 Å². The standard InChI is InChI=1S/C21H24BrN3O2/c1-14(18-8-4-5-9-19(18)22)23-21(27)25-17-12-10-15(11-13-17)20(26)24-16-6-2-3-7-16/h4-5,8-14,16H,2-3,6-7H2,1H3,(H,24,26)(H2,23,25,27). The lowest BCUT2D eigenvalue weighted by Gasteiger charge is -2.16.